The summed E-state index contributed by atoms with van der Waals surface area (Å²) in [5.41, 5.74) is 0.648. The lowest BCUT2D eigenvalue weighted by atomic mass is 10.1. The van der Waals surface area contributed by atoms with Crippen molar-refractivity contribution in [2.45, 2.75) is 111 Å². The van der Waals surface area contributed by atoms with E-state index in [1.807, 2.05) is 11.8 Å². The second kappa shape index (κ2) is 22.8. The van der Waals surface area contributed by atoms with E-state index in [1.165, 1.54) is 77.0 Å². The number of hydrogen-bond acceptors (Lipinski definition) is 3. The summed E-state index contributed by atoms with van der Waals surface area (Å²) in [6.45, 7) is 16.0. The van der Waals surface area contributed by atoms with Gasteiger partial charge in [0.05, 0.1) is 0 Å². The quantitative estimate of drug-likeness (QED) is 0.155. The fraction of sp³-hybridized carbons (Fsp3) is 0.885. The van der Waals surface area contributed by atoms with E-state index in [1.54, 1.807) is 0 Å². The first kappa shape index (κ1) is 29.1. The summed E-state index contributed by atoms with van der Waals surface area (Å²) < 4.78 is 0. The molecule has 0 atom stereocenters. The monoisotopic (exact) mass is 423 g/mol. The summed E-state index contributed by atoms with van der Waals surface area (Å²) >= 11 is 0. The Balaban J connectivity index is 3.75. The molecule has 178 valence electrons. The van der Waals surface area contributed by atoms with Gasteiger partial charge in [0.2, 0.25) is 5.91 Å². The molecule has 0 bridgehead atoms. The molecule has 0 rings (SSSR count). The topological polar surface area (TPSA) is 44.4 Å². The molecule has 0 aliphatic heterocycles. The maximum Gasteiger partial charge on any atom is 0.248 e. The van der Waals surface area contributed by atoms with Gasteiger partial charge in [-0.25, -0.2) is 0 Å². The Morgan fingerprint density at radius 3 is 1.40 bits per heavy atom. The predicted octanol–water partition coefficient (Wildman–Crippen LogP) is 6.07. The lowest BCUT2D eigenvalue weighted by molar-refractivity contribution is -0.127. The molecule has 0 aromatic heterocycles. The number of nitrogens with zero attached hydrogens (tertiary/aromatic N) is 1. The Morgan fingerprint density at radius 2 is 1.00 bits per heavy atom. The Labute approximate surface area is 188 Å². The highest BCUT2D eigenvalue weighted by atomic mass is 16.2. The molecule has 0 aromatic carbocycles. The van der Waals surface area contributed by atoms with Crippen LogP contribution >= 0.6 is 0 Å². The molecule has 0 aromatic rings. The molecule has 2 N–H and O–H groups in total. The minimum atomic E-state index is 0.113. The normalized spacial score (nSPS) is 11.0. The van der Waals surface area contributed by atoms with Crippen molar-refractivity contribution in [1.29, 1.82) is 0 Å². The summed E-state index contributed by atoms with van der Waals surface area (Å²) in [7, 11) is 0. The first-order valence-corrected chi connectivity index (χ1v) is 13.0. The fourth-order valence-electron chi connectivity index (χ4n) is 3.69. The molecular formula is C26H53N3O. The summed E-state index contributed by atoms with van der Waals surface area (Å²) in [5.74, 6) is 0.113. The van der Waals surface area contributed by atoms with Crippen molar-refractivity contribution >= 4 is 5.91 Å². The van der Waals surface area contributed by atoms with Gasteiger partial charge in [-0.15, -0.1) is 0 Å². The maximum atomic E-state index is 12.4. The van der Waals surface area contributed by atoms with E-state index in [0.29, 0.717) is 5.57 Å². The van der Waals surface area contributed by atoms with E-state index in [-0.39, 0.29) is 5.91 Å². The van der Waals surface area contributed by atoms with Crippen molar-refractivity contribution in [3.8, 4) is 0 Å². The van der Waals surface area contributed by atoms with Crippen molar-refractivity contribution in [3.05, 3.63) is 12.2 Å². The molecule has 0 aliphatic rings. The molecule has 0 spiro atoms. The molecule has 0 saturated carbocycles. The molecule has 4 heteroatoms. The first-order chi connectivity index (χ1) is 14.6. The lowest BCUT2D eigenvalue weighted by Crippen LogP contribution is -2.36. The van der Waals surface area contributed by atoms with Crippen LogP contribution in [0.5, 0.6) is 0 Å². The standard InChI is InChI=1S/C26H53N3O/c1-5-7-9-11-13-15-19-27-21-17-23-29(26(30)25(3)4)24-18-22-28-20-16-14-12-10-8-6-2/h27-28H,3,5-24H2,1-2,4H3. The summed E-state index contributed by atoms with van der Waals surface area (Å²) in [4.78, 5) is 14.4. The van der Waals surface area contributed by atoms with Crippen LogP contribution < -0.4 is 10.6 Å². The molecule has 0 saturated heterocycles. The minimum Gasteiger partial charge on any atom is -0.339 e. The Morgan fingerprint density at radius 1 is 0.633 bits per heavy atom. The van der Waals surface area contributed by atoms with Crippen molar-refractivity contribution in [2.75, 3.05) is 39.3 Å². The van der Waals surface area contributed by atoms with Crippen LogP contribution in [0.2, 0.25) is 0 Å². The zero-order valence-corrected chi connectivity index (χ0v) is 20.7. The molecule has 0 fully saturated rings. The van der Waals surface area contributed by atoms with Gasteiger partial charge in [0.25, 0.3) is 0 Å². The lowest BCUT2D eigenvalue weighted by Gasteiger charge is -2.23. The van der Waals surface area contributed by atoms with Crippen LogP contribution in [0.4, 0.5) is 0 Å². The zero-order valence-electron chi connectivity index (χ0n) is 20.7. The highest BCUT2D eigenvalue weighted by Gasteiger charge is 2.13. The minimum absolute atomic E-state index is 0.113. The van der Waals surface area contributed by atoms with Gasteiger partial charge in [-0.2, -0.15) is 0 Å². The van der Waals surface area contributed by atoms with E-state index >= 15 is 0 Å². The second-order valence-electron chi connectivity index (χ2n) is 8.82. The number of hydrogen-bond donors (Lipinski definition) is 2. The molecule has 0 heterocycles. The van der Waals surface area contributed by atoms with Gasteiger partial charge in [-0.05, 0) is 58.8 Å². The van der Waals surface area contributed by atoms with Gasteiger partial charge in [-0.3, -0.25) is 4.79 Å². The first-order valence-electron chi connectivity index (χ1n) is 13.0. The van der Waals surface area contributed by atoms with Crippen molar-refractivity contribution in [3.63, 3.8) is 0 Å². The van der Waals surface area contributed by atoms with Crippen LogP contribution in [-0.2, 0) is 4.79 Å². The van der Waals surface area contributed by atoms with Crippen LogP contribution in [0.1, 0.15) is 111 Å². The molecule has 30 heavy (non-hydrogen) atoms. The number of carbonyl (C=O) groups excluding carboxylic acids is 1. The van der Waals surface area contributed by atoms with Gasteiger partial charge < -0.3 is 15.5 Å². The molecule has 0 aliphatic carbocycles. The zero-order chi connectivity index (χ0) is 22.3. The van der Waals surface area contributed by atoms with E-state index in [2.05, 4.69) is 31.1 Å². The van der Waals surface area contributed by atoms with Crippen LogP contribution in [0.15, 0.2) is 12.2 Å². The summed E-state index contributed by atoms with van der Waals surface area (Å²) in [5, 5.41) is 7.07. The molecule has 4 nitrogen and oxygen atoms in total. The van der Waals surface area contributed by atoms with E-state index < -0.39 is 0 Å². The fourth-order valence-corrected chi connectivity index (χ4v) is 3.69. The van der Waals surface area contributed by atoms with Crippen LogP contribution in [0.25, 0.3) is 0 Å². The summed E-state index contributed by atoms with van der Waals surface area (Å²) in [6.07, 6.45) is 18.1. The number of amides is 1. The second-order valence-corrected chi connectivity index (χ2v) is 8.82. The van der Waals surface area contributed by atoms with E-state index in [9.17, 15) is 4.79 Å². The Bertz CT molecular complexity index is 374. The van der Waals surface area contributed by atoms with Gasteiger partial charge in [-0.1, -0.05) is 84.6 Å². The Kier molecular flexibility index (Phi) is 22.1. The number of unbranched alkanes of at least 4 members (excludes halogenated alkanes) is 10. The van der Waals surface area contributed by atoms with Crippen LogP contribution in [0.3, 0.4) is 0 Å². The van der Waals surface area contributed by atoms with Crippen molar-refractivity contribution in [2.24, 2.45) is 0 Å². The number of rotatable bonds is 23. The van der Waals surface area contributed by atoms with Crippen molar-refractivity contribution < 1.29 is 4.79 Å². The third kappa shape index (κ3) is 19.1. The number of nitrogens with one attached hydrogen (secondary N) is 2. The van der Waals surface area contributed by atoms with E-state index in [4.69, 9.17) is 0 Å². The third-order valence-corrected chi connectivity index (χ3v) is 5.63. The maximum absolute atomic E-state index is 12.4. The number of carbonyl (C=O) groups is 1. The smallest absolute Gasteiger partial charge is 0.248 e. The predicted molar refractivity (Wildman–Crippen MR) is 133 cm³/mol. The van der Waals surface area contributed by atoms with Crippen LogP contribution in [0, 0.1) is 0 Å². The Hall–Kier alpha value is -0.870. The van der Waals surface area contributed by atoms with Gasteiger partial charge in [0, 0.05) is 18.7 Å². The average molecular weight is 424 g/mol. The van der Waals surface area contributed by atoms with E-state index in [0.717, 1.165) is 52.1 Å². The van der Waals surface area contributed by atoms with Crippen LogP contribution in [-0.4, -0.2) is 50.1 Å². The van der Waals surface area contributed by atoms with Gasteiger partial charge >= 0.3 is 0 Å². The molecule has 1 amide bonds. The molecule has 0 unspecified atom stereocenters. The van der Waals surface area contributed by atoms with Gasteiger partial charge in [0.1, 0.15) is 0 Å². The SMILES string of the molecule is C=C(C)C(=O)N(CCCNCCCCCCCC)CCCNCCCCCCCC. The highest BCUT2D eigenvalue weighted by molar-refractivity contribution is 5.92. The average Bonchev–Trinajstić information content (AvgIpc) is 2.74. The molecule has 0 radical (unpaired) electrons. The van der Waals surface area contributed by atoms with Crippen molar-refractivity contribution in [1.82, 2.24) is 15.5 Å². The van der Waals surface area contributed by atoms with Gasteiger partial charge in [0.15, 0.2) is 0 Å². The third-order valence-electron chi connectivity index (χ3n) is 5.63. The summed E-state index contributed by atoms with van der Waals surface area (Å²) in [6, 6.07) is 0. The highest BCUT2D eigenvalue weighted by Crippen LogP contribution is 2.05. The largest absolute Gasteiger partial charge is 0.339 e. The molecular weight excluding hydrogens is 370 g/mol.